The second kappa shape index (κ2) is 11.7. The predicted octanol–water partition coefficient (Wildman–Crippen LogP) is 7.45. The lowest BCUT2D eigenvalue weighted by Crippen LogP contribution is -2.25. The molecular formula is C34H32N4O4S. The Labute approximate surface area is 254 Å². The fourth-order valence-corrected chi connectivity index (χ4v) is 6.13. The van der Waals surface area contributed by atoms with Crippen LogP contribution in [0.25, 0.3) is 33.4 Å². The van der Waals surface area contributed by atoms with Gasteiger partial charge in [0.1, 0.15) is 41.1 Å². The van der Waals surface area contributed by atoms with Crippen LogP contribution >= 0.6 is 11.8 Å². The molecule has 218 valence electrons. The normalized spacial score (nSPS) is 15.9. The van der Waals surface area contributed by atoms with Crippen molar-refractivity contribution in [3.63, 3.8) is 0 Å². The Morgan fingerprint density at radius 3 is 2.49 bits per heavy atom. The van der Waals surface area contributed by atoms with E-state index in [4.69, 9.17) is 29.3 Å². The van der Waals surface area contributed by atoms with Gasteiger partial charge in [-0.3, -0.25) is 0 Å². The van der Waals surface area contributed by atoms with Crippen LogP contribution in [0.3, 0.4) is 0 Å². The summed E-state index contributed by atoms with van der Waals surface area (Å²) in [7, 11) is 0. The van der Waals surface area contributed by atoms with Crippen molar-refractivity contribution in [2.45, 2.75) is 50.4 Å². The van der Waals surface area contributed by atoms with Crippen molar-refractivity contribution in [3.8, 4) is 34.4 Å². The molecule has 8 nitrogen and oxygen atoms in total. The second-order valence-electron chi connectivity index (χ2n) is 10.9. The van der Waals surface area contributed by atoms with Crippen LogP contribution in [0.1, 0.15) is 36.4 Å². The lowest BCUT2D eigenvalue weighted by atomic mass is 9.97. The van der Waals surface area contributed by atoms with Gasteiger partial charge in [-0.05, 0) is 68.3 Å². The number of benzene rings is 3. The highest BCUT2D eigenvalue weighted by Crippen LogP contribution is 2.38. The molecule has 0 aliphatic carbocycles. The first-order valence-corrected chi connectivity index (χ1v) is 15.0. The Bertz CT molecular complexity index is 1840. The molecule has 0 bridgehead atoms. The Balaban J connectivity index is 1.21. The van der Waals surface area contributed by atoms with Gasteiger partial charge < -0.3 is 24.4 Å². The van der Waals surface area contributed by atoms with Crippen LogP contribution in [0, 0.1) is 25.2 Å². The van der Waals surface area contributed by atoms with Crippen molar-refractivity contribution in [1.82, 2.24) is 9.97 Å². The molecule has 6 rings (SSSR count). The number of thioether (sulfide) groups is 1. The number of ether oxygens (including phenoxy) is 3. The highest BCUT2D eigenvalue weighted by atomic mass is 32.2. The van der Waals surface area contributed by atoms with E-state index in [9.17, 15) is 5.26 Å². The highest BCUT2D eigenvalue weighted by Gasteiger charge is 2.33. The number of fused-ring (bicyclic) bond motifs is 1. The number of oxazole rings is 1. The summed E-state index contributed by atoms with van der Waals surface area (Å²) in [6.45, 7) is 8.44. The third-order valence-corrected chi connectivity index (χ3v) is 8.42. The number of nitrogen functional groups attached to an aromatic ring is 1. The molecule has 0 spiro atoms. The van der Waals surface area contributed by atoms with Gasteiger partial charge >= 0.3 is 0 Å². The quantitative estimate of drug-likeness (QED) is 0.183. The summed E-state index contributed by atoms with van der Waals surface area (Å²) in [5.74, 6) is 2.26. The molecule has 43 heavy (non-hydrogen) atoms. The van der Waals surface area contributed by atoms with Crippen LogP contribution in [0.2, 0.25) is 0 Å². The summed E-state index contributed by atoms with van der Waals surface area (Å²) >= 11 is 1.42. The van der Waals surface area contributed by atoms with Crippen molar-refractivity contribution in [1.29, 1.82) is 5.26 Å². The summed E-state index contributed by atoms with van der Waals surface area (Å²) in [6, 6.07) is 24.3. The Kier molecular flexibility index (Phi) is 7.84. The molecule has 5 aromatic rings. The summed E-state index contributed by atoms with van der Waals surface area (Å²) in [5, 5.41) is 13.1. The average molecular weight is 593 g/mol. The van der Waals surface area contributed by atoms with E-state index in [0.717, 1.165) is 44.5 Å². The van der Waals surface area contributed by atoms with E-state index in [1.807, 2.05) is 70.2 Å². The van der Waals surface area contributed by atoms with Crippen LogP contribution in [0.5, 0.6) is 5.75 Å². The van der Waals surface area contributed by atoms with Crippen LogP contribution in [-0.2, 0) is 15.2 Å². The van der Waals surface area contributed by atoms with Crippen molar-refractivity contribution < 1.29 is 18.6 Å². The number of aromatic nitrogens is 2. The molecular weight excluding hydrogens is 560 g/mol. The molecule has 1 fully saturated rings. The summed E-state index contributed by atoms with van der Waals surface area (Å²) < 4.78 is 23.4. The van der Waals surface area contributed by atoms with E-state index in [1.54, 1.807) is 0 Å². The second-order valence-corrected chi connectivity index (χ2v) is 11.9. The van der Waals surface area contributed by atoms with E-state index in [1.165, 1.54) is 11.8 Å². The lowest BCUT2D eigenvalue weighted by Gasteiger charge is -2.17. The van der Waals surface area contributed by atoms with E-state index in [2.05, 4.69) is 35.3 Å². The van der Waals surface area contributed by atoms with Crippen molar-refractivity contribution in [2.75, 3.05) is 18.9 Å². The van der Waals surface area contributed by atoms with E-state index < -0.39 is 5.79 Å². The number of anilines is 1. The minimum absolute atomic E-state index is 0.126. The molecule has 1 aliphatic rings. The summed E-state index contributed by atoms with van der Waals surface area (Å²) in [5.41, 5.74) is 10.9. The van der Waals surface area contributed by atoms with Gasteiger partial charge in [-0.25, -0.2) is 9.97 Å². The third-order valence-electron chi connectivity index (χ3n) is 7.44. The Morgan fingerprint density at radius 1 is 1.02 bits per heavy atom. The molecule has 0 radical (unpaired) electrons. The molecule has 9 heteroatoms. The molecule has 0 unspecified atom stereocenters. The third kappa shape index (κ3) is 6.09. The van der Waals surface area contributed by atoms with Crippen molar-refractivity contribution in [3.05, 3.63) is 89.3 Å². The number of nitrogens with zero attached hydrogens (tertiary/aromatic N) is 3. The van der Waals surface area contributed by atoms with Crippen molar-refractivity contribution in [2.24, 2.45) is 0 Å². The maximum Gasteiger partial charge on any atom is 0.226 e. The van der Waals surface area contributed by atoms with Gasteiger partial charge in [-0.2, -0.15) is 5.26 Å². The summed E-state index contributed by atoms with van der Waals surface area (Å²) in [4.78, 5) is 9.37. The van der Waals surface area contributed by atoms with Gasteiger partial charge in [0.2, 0.25) is 5.89 Å². The number of nitrogens with two attached hydrogens (primary N) is 1. The standard InChI is InChI=1S/C34H32N4O4S/c1-20-30(23-11-13-26(14-12-23)39-17-27-18-40-34(3,4)42-27)28(16-35)33(38-31(20)36)43-19-29-21(2)41-32(37-29)25-10-9-22-7-5-6-8-24(22)15-25/h5-15,27H,17-19H2,1-4H3,(H2,36,38)/t27-/m0/s1. The zero-order chi connectivity index (χ0) is 30.1. The highest BCUT2D eigenvalue weighted by molar-refractivity contribution is 7.98. The number of nitriles is 1. The van der Waals surface area contributed by atoms with Gasteiger partial charge in [-0.1, -0.05) is 54.2 Å². The zero-order valence-electron chi connectivity index (χ0n) is 24.5. The minimum Gasteiger partial charge on any atom is -0.491 e. The van der Waals surface area contributed by atoms with Gasteiger partial charge in [0, 0.05) is 22.4 Å². The number of hydrogen-bond donors (Lipinski definition) is 1. The van der Waals surface area contributed by atoms with Crippen molar-refractivity contribution >= 4 is 28.4 Å². The minimum atomic E-state index is -0.591. The molecule has 0 amide bonds. The van der Waals surface area contributed by atoms with E-state index in [0.29, 0.717) is 47.0 Å². The molecule has 0 saturated carbocycles. The smallest absolute Gasteiger partial charge is 0.226 e. The van der Waals surface area contributed by atoms with Crippen LogP contribution < -0.4 is 10.5 Å². The SMILES string of the molecule is Cc1oc(-c2ccc3ccccc3c2)nc1CSc1nc(N)c(C)c(-c2ccc(OC[C@H]3COC(C)(C)O3)cc2)c1C#N. The van der Waals surface area contributed by atoms with E-state index in [-0.39, 0.29) is 6.10 Å². The average Bonchev–Trinajstić information content (AvgIpc) is 3.56. The zero-order valence-corrected chi connectivity index (χ0v) is 25.3. The molecule has 1 aliphatic heterocycles. The monoisotopic (exact) mass is 592 g/mol. The molecule has 3 heterocycles. The maximum atomic E-state index is 10.2. The van der Waals surface area contributed by atoms with Gasteiger partial charge in [0.25, 0.3) is 0 Å². The molecule has 3 aromatic carbocycles. The largest absolute Gasteiger partial charge is 0.491 e. The maximum absolute atomic E-state index is 10.2. The number of rotatable bonds is 8. The number of hydrogen-bond acceptors (Lipinski definition) is 9. The predicted molar refractivity (Wildman–Crippen MR) is 168 cm³/mol. The van der Waals surface area contributed by atoms with E-state index >= 15 is 0 Å². The van der Waals surface area contributed by atoms with Gasteiger partial charge in [0.05, 0.1) is 17.9 Å². The first kappa shape index (κ1) is 28.7. The Morgan fingerprint density at radius 2 is 1.77 bits per heavy atom. The van der Waals surface area contributed by atoms with Gasteiger partial charge in [-0.15, -0.1) is 0 Å². The first-order valence-electron chi connectivity index (χ1n) is 14.0. The molecule has 2 aromatic heterocycles. The fraction of sp³-hybridized carbons (Fsp3) is 0.265. The fourth-order valence-electron chi connectivity index (χ4n) is 5.14. The van der Waals surface area contributed by atoms with Crippen LogP contribution in [0.15, 0.2) is 76.2 Å². The molecule has 1 atom stereocenters. The first-order chi connectivity index (χ1) is 20.7. The van der Waals surface area contributed by atoms with Crippen LogP contribution in [-0.4, -0.2) is 35.1 Å². The van der Waals surface area contributed by atoms with Gasteiger partial charge in [0.15, 0.2) is 5.79 Å². The molecule has 1 saturated heterocycles. The molecule has 2 N–H and O–H groups in total. The lowest BCUT2D eigenvalue weighted by molar-refractivity contribution is -0.141. The number of pyridine rings is 1. The summed E-state index contributed by atoms with van der Waals surface area (Å²) in [6.07, 6.45) is -0.126. The number of aryl methyl sites for hydroxylation is 1. The van der Waals surface area contributed by atoms with Crippen LogP contribution in [0.4, 0.5) is 5.82 Å². The Hall–Kier alpha value is -4.36. The topological polar surface area (TPSA) is 116 Å².